The average Bonchev–Trinajstić information content (AvgIpc) is 2.96. The van der Waals surface area contributed by atoms with E-state index in [1.807, 2.05) is 24.3 Å². The standard InChI is InChI=1S/C16H23N3O3S3/c1-3-19(25(2,21)22)10-6-9-17-15(20)11-23-12-16-18-13-7-4-5-8-14(13)24-16/h4-5,7-8H,3,6,9-12H2,1-2H3,(H,17,20). The van der Waals surface area contributed by atoms with Crippen LogP contribution in [0, 0.1) is 0 Å². The van der Waals surface area contributed by atoms with Crippen LogP contribution in [0.15, 0.2) is 24.3 Å². The highest BCUT2D eigenvalue weighted by Crippen LogP contribution is 2.24. The van der Waals surface area contributed by atoms with E-state index in [1.165, 1.54) is 22.3 Å². The molecule has 0 saturated carbocycles. The molecule has 6 nitrogen and oxygen atoms in total. The molecule has 0 aliphatic heterocycles. The fourth-order valence-corrected chi connectivity index (χ4v) is 5.11. The SMILES string of the molecule is CCN(CCCNC(=O)CSCc1nc2ccccc2s1)S(C)(=O)=O. The lowest BCUT2D eigenvalue weighted by atomic mass is 10.3. The summed E-state index contributed by atoms with van der Waals surface area (Å²) in [7, 11) is -3.16. The summed E-state index contributed by atoms with van der Waals surface area (Å²) in [6.45, 7) is 3.16. The number of hydrogen-bond donors (Lipinski definition) is 1. The lowest BCUT2D eigenvalue weighted by molar-refractivity contribution is -0.118. The third-order valence-electron chi connectivity index (χ3n) is 3.53. The number of para-hydroxylation sites is 1. The summed E-state index contributed by atoms with van der Waals surface area (Å²) in [6, 6.07) is 8.00. The number of nitrogens with zero attached hydrogens (tertiary/aromatic N) is 2. The predicted octanol–water partition coefficient (Wildman–Crippen LogP) is 2.32. The number of thioether (sulfide) groups is 1. The molecule has 1 N–H and O–H groups in total. The van der Waals surface area contributed by atoms with Crippen molar-refractivity contribution in [3.63, 3.8) is 0 Å². The first-order chi connectivity index (χ1) is 11.9. The zero-order chi connectivity index (χ0) is 18.3. The van der Waals surface area contributed by atoms with Gasteiger partial charge in [-0.3, -0.25) is 4.79 Å². The summed E-state index contributed by atoms with van der Waals surface area (Å²) in [5.41, 5.74) is 0.999. The van der Waals surface area contributed by atoms with E-state index in [1.54, 1.807) is 18.3 Å². The fourth-order valence-electron chi connectivity index (χ4n) is 2.31. The van der Waals surface area contributed by atoms with Crippen LogP contribution in [0.3, 0.4) is 0 Å². The molecule has 0 bridgehead atoms. The molecule has 9 heteroatoms. The molecule has 2 aromatic rings. The Balaban J connectivity index is 1.64. The predicted molar refractivity (Wildman–Crippen MR) is 105 cm³/mol. The number of sulfonamides is 1. The second-order valence-electron chi connectivity index (χ2n) is 5.53. The summed E-state index contributed by atoms with van der Waals surface area (Å²) < 4.78 is 25.5. The number of thiazole rings is 1. The molecule has 1 aromatic heterocycles. The lowest BCUT2D eigenvalue weighted by Gasteiger charge is -2.17. The summed E-state index contributed by atoms with van der Waals surface area (Å²) in [5.74, 6) is 1.05. The maximum atomic E-state index is 11.8. The van der Waals surface area contributed by atoms with Gasteiger partial charge in [-0.25, -0.2) is 17.7 Å². The number of benzene rings is 1. The highest BCUT2D eigenvalue weighted by atomic mass is 32.2. The number of nitrogens with one attached hydrogen (secondary N) is 1. The van der Waals surface area contributed by atoms with Crippen LogP contribution in [0.5, 0.6) is 0 Å². The Morgan fingerprint density at radius 1 is 1.36 bits per heavy atom. The summed E-state index contributed by atoms with van der Waals surface area (Å²) >= 11 is 3.18. The third kappa shape index (κ3) is 6.58. The Bertz CT molecular complexity index is 772. The van der Waals surface area contributed by atoms with Crippen LogP contribution >= 0.6 is 23.1 Å². The molecule has 2 rings (SSSR count). The second-order valence-corrected chi connectivity index (χ2v) is 9.61. The Morgan fingerprint density at radius 2 is 2.12 bits per heavy atom. The Kier molecular flexibility index (Phi) is 7.67. The summed E-state index contributed by atoms with van der Waals surface area (Å²) in [6.07, 6.45) is 1.81. The van der Waals surface area contributed by atoms with Crippen molar-refractivity contribution in [1.29, 1.82) is 0 Å². The molecular formula is C16H23N3O3S3. The molecule has 0 aliphatic rings. The maximum absolute atomic E-state index is 11.8. The van der Waals surface area contributed by atoms with Crippen molar-refractivity contribution < 1.29 is 13.2 Å². The van der Waals surface area contributed by atoms with Crippen LogP contribution in [0.25, 0.3) is 10.2 Å². The normalized spacial score (nSPS) is 12.0. The highest BCUT2D eigenvalue weighted by molar-refractivity contribution is 7.99. The molecule has 138 valence electrons. The van der Waals surface area contributed by atoms with Gasteiger partial charge in [0.2, 0.25) is 15.9 Å². The third-order valence-corrected chi connectivity index (χ3v) is 7.07. The molecule has 0 atom stereocenters. The van der Waals surface area contributed by atoms with Gasteiger partial charge in [-0.1, -0.05) is 19.1 Å². The number of amides is 1. The van der Waals surface area contributed by atoms with E-state index in [0.717, 1.165) is 15.2 Å². The minimum absolute atomic E-state index is 0.0338. The molecule has 0 aliphatic carbocycles. The fraction of sp³-hybridized carbons (Fsp3) is 0.500. The summed E-state index contributed by atoms with van der Waals surface area (Å²) in [5, 5.41) is 3.85. The number of carbonyl (C=O) groups is 1. The number of aromatic nitrogens is 1. The van der Waals surface area contributed by atoms with E-state index in [2.05, 4.69) is 10.3 Å². The molecule has 1 heterocycles. The number of rotatable bonds is 10. The Hall–Kier alpha value is -1.16. The minimum Gasteiger partial charge on any atom is -0.355 e. The molecule has 0 fully saturated rings. The zero-order valence-electron chi connectivity index (χ0n) is 14.4. The first kappa shape index (κ1) is 20.2. The number of fused-ring (bicyclic) bond motifs is 1. The Morgan fingerprint density at radius 3 is 2.80 bits per heavy atom. The first-order valence-electron chi connectivity index (χ1n) is 8.04. The molecule has 0 unspecified atom stereocenters. The zero-order valence-corrected chi connectivity index (χ0v) is 16.8. The van der Waals surface area contributed by atoms with Crippen molar-refractivity contribution >= 4 is 49.2 Å². The van der Waals surface area contributed by atoms with E-state index < -0.39 is 10.0 Å². The van der Waals surface area contributed by atoms with Crippen molar-refractivity contribution in [2.45, 2.75) is 19.1 Å². The van der Waals surface area contributed by atoms with Gasteiger partial charge in [0.1, 0.15) is 5.01 Å². The monoisotopic (exact) mass is 401 g/mol. The summed E-state index contributed by atoms with van der Waals surface area (Å²) in [4.78, 5) is 16.4. The van der Waals surface area contributed by atoms with Crippen LogP contribution < -0.4 is 5.32 Å². The van der Waals surface area contributed by atoms with Gasteiger partial charge in [0.15, 0.2) is 0 Å². The molecule has 25 heavy (non-hydrogen) atoms. The first-order valence-corrected chi connectivity index (χ1v) is 11.9. The van der Waals surface area contributed by atoms with E-state index in [4.69, 9.17) is 0 Å². The van der Waals surface area contributed by atoms with E-state index in [-0.39, 0.29) is 5.91 Å². The molecule has 1 amide bonds. The Labute approximate surface area is 157 Å². The van der Waals surface area contributed by atoms with Gasteiger partial charge in [-0.05, 0) is 18.6 Å². The van der Waals surface area contributed by atoms with Crippen molar-refractivity contribution in [3.05, 3.63) is 29.3 Å². The van der Waals surface area contributed by atoms with E-state index in [0.29, 0.717) is 37.6 Å². The van der Waals surface area contributed by atoms with Crippen LogP contribution in [-0.4, -0.2) is 55.3 Å². The van der Waals surface area contributed by atoms with Crippen molar-refractivity contribution in [3.8, 4) is 0 Å². The lowest BCUT2D eigenvalue weighted by Crippen LogP contribution is -2.33. The van der Waals surface area contributed by atoms with Crippen LogP contribution in [0.1, 0.15) is 18.4 Å². The van der Waals surface area contributed by atoms with Crippen LogP contribution in [0.2, 0.25) is 0 Å². The largest absolute Gasteiger partial charge is 0.355 e. The van der Waals surface area contributed by atoms with Gasteiger partial charge in [0.05, 0.1) is 22.2 Å². The second kappa shape index (κ2) is 9.51. The van der Waals surface area contributed by atoms with Gasteiger partial charge in [0, 0.05) is 25.4 Å². The van der Waals surface area contributed by atoms with Gasteiger partial charge in [-0.2, -0.15) is 0 Å². The topological polar surface area (TPSA) is 79.4 Å². The van der Waals surface area contributed by atoms with Gasteiger partial charge >= 0.3 is 0 Å². The van der Waals surface area contributed by atoms with Crippen molar-refractivity contribution in [2.24, 2.45) is 0 Å². The van der Waals surface area contributed by atoms with Crippen molar-refractivity contribution in [2.75, 3.05) is 31.6 Å². The number of hydrogen-bond acceptors (Lipinski definition) is 6. The number of carbonyl (C=O) groups excluding carboxylic acids is 1. The average molecular weight is 402 g/mol. The quantitative estimate of drug-likeness (QED) is 0.618. The molecular weight excluding hydrogens is 378 g/mol. The van der Waals surface area contributed by atoms with E-state index in [9.17, 15) is 13.2 Å². The van der Waals surface area contributed by atoms with Crippen LogP contribution in [0.4, 0.5) is 0 Å². The maximum Gasteiger partial charge on any atom is 0.230 e. The molecule has 0 saturated heterocycles. The molecule has 1 aromatic carbocycles. The minimum atomic E-state index is -3.16. The van der Waals surface area contributed by atoms with Crippen LogP contribution in [-0.2, 0) is 20.6 Å². The van der Waals surface area contributed by atoms with E-state index >= 15 is 0 Å². The molecule has 0 spiro atoms. The van der Waals surface area contributed by atoms with Gasteiger partial charge in [-0.15, -0.1) is 23.1 Å². The smallest absolute Gasteiger partial charge is 0.230 e. The highest BCUT2D eigenvalue weighted by Gasteiger charge is 2.13. The van der Waals surface area contributed by atoms with Gasteiger partial charge < -0.3 is 5.32 Å². The van der Waals surface area contributed by atoms with Crippen molar-refractivity contribution in [1.82, 2.24) is 14.6 Å². The molecule has 0 radical (unpaired) electrons. The van der Waals surface area contributed by atoms with Gasteiger partial charge in [0.25, 0.3) is 0 Å².